The van der Waals surface area contributed by atoms with Gasteiger partial charge in [-0.05, 0) is 88.6 Å². The lowest BCUT2D eigenvalue weighted by molar-refractivity contribution is 0.492. The van der Waals surface area contributed by atoms with Crippen LogP contribution in [0.1, 0.15) is 31.9 Å². The SMILES string of the molecule is CC(C)(C)[Si](C)(C)Oc1ccc(Cc2cc(I)ccc2Cl)cc1. The molecule has 0 saturated carbocycles. The zero-order valence-electron chi connectivity index (χ0n) is 14.4. The quantitative estimate of drug-likeness (QED) is 0.357. The third-order valence-corrected chi connectivity index (χ3v) is 9.90. The lowest BCUT2D eigenvalue weighted by Crippen LogP contribution is -2.43. The van der Waals surface area contributed by atoms with E-state index in [2.05, 4.69) is 86.8 Å². The van der Waals surface area contributed by atoms with Crippen molar-refractivity contribution in [1.29, 1.82) is 0 Å². The van der Waals surface area contributed by atoms with Crippen LogP contribution < -0.4 is 4.43 Å². The molecule has 0 amide bonds. The minimum absolute atomic E-state index is 0.208. The fourth-order valence-corrected chi connectivity index (χ4v) is 3.79. The zero-order chi connectivity index (χ0) is 17.3. The van der Waals surface area contributed by atoms with Gasteiger partial charge in [-0.1, -0.05) is 44.5 Å². The number of hydrogen-bond donors (Lipinski definition) is 0. The molecular formula is C19H24ClIOSi. The summed E-state index contributed by atoms with van der Waals surface area (Å²) in [6, 6.07) is 14.6. The summed E-state index contributed by atoms with van der Waals surface area (Å²) < 4.78 is 7.53. The van der Waals surface area contributed by atoms with Crippen LogP contribution in [0.3, 0.4) is 0 Å². The van der Waals surface area contributed by atoms with E-state index in [9.17, 15) is 0 Å². The maximum Gasteiger partial charge on any atom is 0.250 e. The van der Waals surface area contributed by atoms with E-state index in [-0.39, 0.29) is 5.04 Å². The first-order valence-corrected chi connectivity index (χ1v) is 12.2. The van der Waals surface area contributed by atoms with E-state index in [0.29, 0.717) is 0 Å². The molecule has 2 rings (SSSR count). The lowest BCUT2D eigenvalue weighted by atomic mass is 10.1. The monoisotopic (exact) mass is 458 g/mol. The summed E-state index contributed by atoms with van der Waals surface area (Å²) in [5.74, 6) is 0.967. The van der Waals surface area contributed by atoms with Crippen molar-refractivity contribution >= 4 is 42.5 Å². The summed E-state index contributed by atoms with van der Waals surface area (Å²) in [4.78, 5) is 0. The van der Waals surface area contributed by atoms with E-state index in [0.717, 1.165) is 22.8 Å². The van der Waals surface area contributed by atoms with Gasteiger partial charge in [-0.2, -0.15) is 0 Å². The molecule has 0 unspecified atom stereocenters. The van der Waals surface area contributed by atoms with E-state index in [1.54, 1.807) is 0 Å². The van der Waals surface area contributed by atoms with Crippen molar-refractivity contribution in [2.75, 3.05) is 0 Å². The summed E-state index contributed by atoms with van der Waals surface area (Å²) in [6.07, 6.45) is 0.843. The molecule has 0 aromatic heterocycles. The number of hydrogen-bond acceptors (Lipinski definition) is 1. The van der Waals surface area contributed by atoms with Crippen LogP contribution in [-0.4, -0.2) is 8.32 Å². The number of benzene rings is 2. The van der Waals surface area contributed by atoms with Crippen LogP contribution in [0.25, 0.3) is 0 Å². The lowest BCUT2D eigenvalue weighted by Gasteiger charge is -2.36. The van der Waals surface area contributed by atoms with Crippen molar-refractivity contribution in [3.63, 3.8) is 0 Å². The minimum Gasteiger partial charge on any atom is -0.544 e. The molecule has 0 atom stereocenters. The zero-order valence-corrected chi connectivity index (χ0v) is 18.3. The van der Waals surface area contributed by atoms with Crippen molar-refractivity contribution in [1.82, 2.24) is 0 Å². The molecule has 0 aliphatic carbocycles. The topological polar surface area (TPSA) is 9.23 Å². The first-order valence-electron chi connectivity index (χ1n) is 7.80. The Bertz CT molecular complexity index is 675. The van der Waals surface area contributed by atoms with Crippen LogP contribution >= 0.6 is 34.2 Å². The van der Waals surface area contributed by atoms with Crippen molar-refractivity contribution in [2.45, 2.75) is 45.3 Å². The van der Waals surface area contributed by atoms with E-state index in [1.165, 1.54) is 9.13 Å². The Hall–Kier alpha value is -0.523. The number of rotatable bonds is 4. The summed E-state index contributed by atoms with van der Waals surface area (Å²) in [6.45, 7) is 11.3. The Morgan fingerprint density at radius 3 is 2.22 bits per heavy atom. The maximum atomic E-state index is 6.33. The average molecular weight is 459 g/mol. The maximum absolute atomic E-state index is 6.33. The highest BCUT2D eigenvalue weighted by Crippen LogP contribution is 2.37. The Labute approximate surface area is 159 Å². The molecule has 4 heteroatoms. The van der Waals surface area contributed by atoms with Crippen LogP contribution in [0.2, 0.25) is 23.2 Å². The van der Waals surface area contributed by atoms with Gasteiger partial charge in [-0.15, -0.1) is 0 Å². The normalized spacial score (nSPS) is 12.3. The van der Waals surface area contributed by atoms with Crippen molar-refractivity contribution < 1.29 is 4.43 Å². The summed E-state index contributed by atoms with van der Waals surface area (Å²) in [7, 11) is -1.78. The van der Waals surface area contributed by atoms with Gasteiger partial charge < -0.3 is 4.43 Å². The predicted octanol–water partition coefficient (Wildman–Crippen LogP) is 6.92. The first kappa shape index (κ1) is 18.8. The predicted molar refractivity (Wildman–Crippen MR) is 111 cm³/mol. The largest absolute Gasteiger partial charge is 0.544 e. The van der Waals surface area contributed by atoms with Gasteiger partial charge in [-0.25, -0.2) is 0 Å². The summed E-state index contributed by atoms with van der Waals surface area (Å²) in [5.41, 5.74) is 2.41. The molecule has 23 heavy (non-hydrogen) atoms. The Kier molecular flexibility index (Phi) is 5.85. The molecule has 2 aromatic carbocycles. The molecule has 0 heterocycles. The standard InChI is InChI=1S/C19H24ClIOSi/c1-19(2,3)23(4,5)22-17-9-6-14(7-10-17)12-15-13-16(21)8-11-18(15)20/h6-11,13H,12H2,1-5H3. The van der Waals surface area contributed by atoms with Gasteiger partial charge in [0.15, 0.2) is 0 Å². The van der Waals surface area contributed by atoms with Crippen LogP contribution in [0.15, 0.2) is 42.5 Å². The Morgan fingerprint density at radius 2 is 1.65 bits per heavy atom. The van der Waals surface area contributed by atoms with E-state index in [1.807, 2.05) is 12.1 Å². The van der Waals surface area contributed by atoms with Crippen LogP contribution in [0.4, 0.5) is 0 Å². The smallest absolute Gasteiger partial charge is 0.250 e. The van der Waals surface area contributed by atoms with Crippen LogP contribution in [0, 0.1) is 3.57 Å². The molecule has 0 aliphatic heterocycles. The van der Waals surface area contributed by atoms with E-state index < -0.39 is 8.32 Å². The van der Waals surface area contributed by atoms with Gasteiger partial charge >= 0.3 is 0 Å². The summed E-state index contributed by atoms with van der Waals surface area (Å²) in [5, 5.41) is 1.03. The first-order chi connectivity index (χ1) is 10.6. The molecule has 0 fully saturated rings. The van der Waals surface area contributed by atoms with Gasteiger partial charge in [0, 0.05) is 8.59 Å². The highest BCUT2D eigenvalue weighted by Gasteiger charge is 2.38. The second-order valence-electron chi connectivity index (χ2n) is 7.42. The third-order valence-electron chi connectivity index (χ3n) is 4.50. The van der Waals surface area contributed by atoms with Crippen molar-refractivity contribution in [3.8, 4) is 5.75 Å². The molecule has 0 aliphatic rings. The Morgan fingerprint density at radius 1 is 1.04 bits per heavy atom. The van der Waals surface area contributed by atoms with Gasteiger partial charge in [0.05, 0.1) is 0 Å². The molecular weight excluding hydrogens is 435 g/mol. The molecule has 0 N–H and O–H groups in total. The molecule has 124 valence electrons. The highest BCUT2D eigenvalue weighted by atomic mass is 127. The molecule has 0 spiro atoms. The molecule has 1 nitrogen and oxygen atoms in total. The van der Waals surface area contributed by atoms with Crippen LogP contribution in [0.5, 0.6) is 5.75 Å². The van der Waals surface area contributed by atoms with Gasteiger partial charge in [0.2, 0.25) is 8.32 Å². The van der Waals surface area contributed by atoms with Gasteiger partial charge in [0.25, 0.3) is 0 Å². The van der Waals surface area contributed by atoms with E-state index >= 15 is 0 Å². The summed E-state index contributed by atoms with van der Waals surface area (Å²) >= 11 is 8.61. The highest BCUT2D eigenvalue weighted by molar-refractivity contribution is 14.1. The second-order valence-corrected chi connectivity index (χ2v) is 13.8. The fraction of sp³-hybridized carbons (Fsp3) is 0.368. The van der Waals surface area contributed by atoms with Crippen molar-refractivity contribution in [2.24, 2.45) is 0 Å². The van der Waals surface area contributed by atoms with Crippen LogP contribution in [-0.2, 0) is 6.42 Å². The minimum atomic E-state index is -1.78. The molecule has 0 saturated heterocycles. The molecule has 0 bridgehead atoms. The Balaban J connectivity index is 2.12. The second kappa shape index (κ2) is 7.15. The van der Waals surface area contributed by atoms with Crippen molar-refractivity contribution in [3.05, 3.63) is 62.2 Å². The van der Waals surface area contributed by atoms with E-state index in [4.69, 9.17) is 16.0 Å². The van der Waals surface area contributed by atoms with Gasteiger partial charge in [0.1, 0.15) is 5.75 Å². The molecule has 0 radical (unpaired) electrons. The fourth-order valence-electron chi connectivity index (χ4n) is 2.02. The third kappa shape index (κ3) is 4.97. The average Bonchev–Trinajstić information content (AvgIpc) is 2.43. The molecule has 2 aromatic rings. The number of halogens is 2. The van der Waals surface area contributed by atoms with Gasteiger partial charge in [-0.3, -0.25) is 0 Å².